The van der Waals surface area contributed by atoms with Gasteiger partial charge in [-0.2, -0.15) is 23.5 Å². The van der Waals surface area contributed by atoms with Gasteiger partial charge in [-0.15, -0.1) is 0 Å². The number of rotatable bonds is 10. The summed E-state index contributed by atoms with van der Waals surface area (Å²) in [4.78, 5) is 50.5. The summed E-state index contributed by atoms with van der Waals surface area (Å²) in [7, 11) is 0. The van der Waals surface area contributed by atoms with Gasteiger partial charge in [-0.1, -0.05) is 13.8 Å². The van der Waals surface area contributed by atoms with Gasteiger partial charge in [0.25, 0.3) is 0 Å². The van der Waals surface area contributed by atoms with Crippen molar-refractivity contribution in [3.63, 3.8) is 0 Å². The van der Waals surface area contributed by atoms with Crippen LogP contribution in [0.3, 0.4) is 0 Å². The number of carbonyl (C=O) groups excluding carboxylic acids is 2. The van der Waals surface area contributed by atoms with Crippen LogP contribution in [0.5, 0.6) is 0 Å². The number of nitrogens with zero attached hydrogens (tertiary/aromatic N) is 2. The minimum absolute atomic E-state index is 0.107. The summed E-state index contributed by atoms with van der Waals surface area (Å²) >= 11 is 3.20. The first kappa shape index (κ1) is 23.9. The van der Waals surface area contributed by atoms with E-state index in [4.69, 9.17) is 0 Å². The molecule has 0 radical (unpaired) electrons. The molecular formula is C19H30N2O6S2. The Labute approximate surface area is 179 Å². The normalized spacial score (nSPS) is 23.8. The van der Waals surface area contributed by atoms with Gasteiger partial charge in [-0.05, 0) is 25.7 Å². The maximum atomic E-state index is 12.5. The summed E-state index contributed by atoms with van der Waals surface area (Å²) in [5.74, 6) is -1.38. The van der Waals surface area contributed by atoms with Crippen molar-refractivity contribution in [3.05, 3.63) is 0 Å². The zero-order valence-electron chi connectivity index (χ0n) is 16.9. The Morgan fingerprint density at radius 2 is 1.21 bits per heavy atom. The molecule has 2 saturated heterocycles. The van der Waals surface area contributed by atoms with Crippen LogP contribution in [0.2, 0.25) is 0 Å². The number of thioether (sulfide) groups is 2. The monoisotopic (exact) mass is 446 g/mol. The van der Waals surface area contributed by atoms with Crippen molar-refractivity contribution in [2.75, 3.05) is 29.7 Å². The van der Waals surface area contributed by atoms with Gasteiger partial charge in [0.15, 0.2) is 0 Å². The van der Waals surface area contributed by atoms with Gasteiger partial charge in [0.2, 0.25) is 11.8 Å². The van der Waals surface area contributed by atoms with Crippen molar-refractivity contribution in [3.8, 4) is 0 Å². The smallest absolute Gasteiger partial charge is 0.326 e. The van der Waals surface area contributed by atoms with Gasteiger partial charge >= 0.3 is 11.9 Å². The Balaban J connectivity index is 1.67. The average Bonchev–Trinajstić information content (AvgIpc) is 3.35. The molecule has 0 spiro atoms. The molecule has 0 bridgehead atoms. The molecule has 2 fully saturated rings. The first-order valence-electron chi connectivity index (χ1n) is 9.96. The molecule has 0 unspecified atom stereocenters. The first-order valence-corrected chi connectivity index (χ1v) is 12.3. The predicted octanol–water partition coefficient (Wildman–Crippen LogP) is 1.83. The number of likely N-dealkylation sites (tertiary alicyclic amines) is 2. The number of amides is 2. The number of carboxylic acids is 2. The largest absolute Gasteiger partial charge is 0.480 e. The lowest BCUT2D eigenvalue weighted by molar-refractivity contribution is -0.149. The second-order valence-electron chi connectivity index (χ2n) is 7.72. The lowest BCUT2D eigenvalue weighted by atomic mass is 10.1. The highest BCUT2D eigenvalue weighted by Gasteiger charge is 2.36. The molecule has 0 aromatic rings. The molecule has 0 aliphatic carbocycles. The number of hydrogen-bond acceptors (Lipinski definition) is 6. The van der Waals surface area contributed by atoms with E-state index in [1.807, 2.05) is 13.8 Å². The molecular weight excluding hydrogens is 416 g/mol. The maximum absolute atomic E-state index is 12.5. The molecule has 2 heterocycles. The van der Waals surface area contributed by atoms with E-state index in [-0.39, 0.29) is 23.7 Å². The van der Waals surface area contributed by atoms with Crippen molar-refractivity contribution in [1.82, 2.24) is 9.80 Å². The van der Waals surface area contributed by atoms with Crippen LogP contribution in [0, 0.1) is 11.8 Å². The van der Waals surface area contributed by atoms with Gasteiger partial charge in [-0.25, -0.2) is 9.59 Å². The number of carboxylic acid groups (broad SMARTS) is 2. The van der Waals surface area contributed by atoms with Crippen molar-refractivity contribution < 1.29 is 29.4 Å². The molecule has 164 valence electrons. The molecule has 2 amide bonds. The van der Waals surface area contributed by atoms with Crippen LogP contribution in [-0.4, -0.2) is 85.5 Å². The van der Waals surface area contributed by atoms with Gasteiger partial charge in [0, 0.05) is 41.5 Å². The Morgan fingerprint density at radius 1 is 0.828 bits per heavy atom. The van der Waals surface area contributed by atoms with E-state index in [1.165, 1.54) is 9.80 Å². The van der Waals surface area contributed by atoms with E-state index >= 15 is 0 Å². The third-order valence-corrected chi connectivity index (χ3v) is 8.19. The number of aliphatic carboxylic acids is 2. The lowest BCUT2D eigenvalue weighted by Gasteiger charge is -2.25. The van der Waals surface area contributed by atoms with Gasteiger partial charge < -0.3 is 20.0 Å². The van der Waals surface area contributed by atoms with Crippen LogP contribution in [-0.2, 0) is 19.2 Å². The third-order valence-electron chi connectivity index (χ3n) is 5.39. The van der Waals surface area contributed by atoms with Crippen LogP contribution in [0.4, 0.5) is 0 Å². The van der Waals surface area contributed by atoms with E-state index in [0.29, 0.717) is 37.4 Å². The van der Waals surface area contributed by atoms with Crippen molar-refractivity contribution in [1.29, 1.82) is 0 Å². The van der Waals surface area contributed by atoms with Crippen LogP contribution in [0.25, 0.3) is 0 Å². The van der Waals surface area contributed by atoms with E-state index in [1.54, 1.807) is 23.5 Å². The highest BCUT2D eigenvalue weighted by atomic mass is 32.2. The molecule has 29 heavy (non-hydrogen) atoms. The SMILES string of the molecule is C[C@H](CSCSC[C@@H](C)C(=O)N1CCC[C@H]1C(=O)O)C(=O)N1CCC[C@H]1C(=O)O. The van der Waals surface area contributed by atoms with E-state index in [0.717, 1.165) is 17.9 Å². The van der Waals surface area contributed by atoms with Crippen molar-refractivity contribution >= 4 is 47.3 Å². The summed E-state index contributed by atoms with van der Waals surface area (Å²) in [5, 5.41) is 19.2. The summed E-state index contributed by atoms with van der Waals surface area (Å²) in [6.45, 7) is 4.66. The fraction of sp³-hybridized carbons (Fsp3) is 0.789. The van der Waals surface area contributed by atoms with Crippen LogP contribution >= 0.6 is 23.5 Å². The molecule has 2 aliphatic rings. The second kappa shape index (κ2) is 11.1. The lowest BCUT2D eigenvalue weighted by Crippen LogP contribution is -2.43. The summed E-state index contributed by atoms with van der Waals surface area (Å²) in [6, 6.07) is -1.40. The Kier molecular flexibility index (Phi) is 9.13. The molecule has 2 N–H and O–H groups in total. The van der Waals surface area contributed by atoms with Crippen molar-refractivity contribution in [2.45, 2.75) is 51.6 Å². The van der Waals surface area contributed by atoms with Crippen LogP contribution < -0.4 is 0 Å². The Hall–Kier alpha value is -1.42. The Bertz CT molecular complexity index is 580. The molecule has 0 aromatic heterocycles. The zero-order valence-corrected chi connectivity index (χ0v) is 18.5. The Morgan fingerprint density at radius 3 is 1.55 bits per heavy atom. The second-order valence-corrected chi connectivity index (χ2v) is 10.1. The van der Waals surface area contributed by atoms with Crippen LogP contribution in [0.1, 0.15) is 39.5 Å². The summed E-state index contributed by atoms with van der Waals surface area (Å²) in [6.07, 6.45) is 2.49. The summed E-state index contributed by atoms with van der Waals surface area (Å²) < 4.78 is 0. The topological polar surface area (TPSA) is 115 Å². The highest BCUT2D eigenvalue weighted by molar-refractivity contribution is 8.16. The minimum Gasteiger partial charge on any atom is -0.480 e. The third kappa shape index (κ3) is 6.28. The van der Waals surface area contributed by atoms with Gasteiger partial charge in [0.1, 0.15) is 12.1 Å². The first-order chi connectivity index (χ1) is 13.7. The predicted molar refractivity (Wildman–Crippen MR) is 113 cm³/mol. The number of hydrogen-bond donors (Lipinski definition) is 2. The fourth-order valence-corrected chi connectivity index (χ4v) is 6.03. The molecule has 8 nitrogen and oxygen atoms in total. The van der Waals surface area contributed by atoms with Crippen LogP contribution in [0.15, 0.2) is 0 Å². The van der Waals surface area contributed by atoms with Gasteiger partial charge in [0.05, 0.1) is 0 Å². The average molecular weight is 447 g/mol. The maximum Gasteiger partial charge on any atom is 0.326 e. The molecule has 0 saturated carbocycles. The number of carbonyl (C=O) groups is 4. The fourth-order valence-electron chi connectivity index (χ4n) is 3.79. The van der Waals surface area contributed by atoms with E-state index < -0.39 is 24.0 Å². The molecule has 4 atom stereocenters. The summed E-state index contributed by atoms with van der Waals surface area (Å²) in [5.41, 5.74) is 0. The van der Waals surface area contributed by atoms with E-state index in [2.05, 4.69) is 0 Å². The van der Waals surface area contributed by atoms with E-state index in [9.17, 15) is 29.4 Å². The minimum atomic E-state index is -0.937. The molecule has 10 heteroatoms. The quantitative estimate of drug-likeness (QED) is 0.386. The molecule has 0 aromatic carbocycles. The molecule has 2 rings (SSSR count). The zero-order chi connectivity index (χ0) is 21.6. The highest BCUT2D eigenvalue weighted by Crippen LogP contribution is 2.25. The van der Waals surface area contributed by atoms with Crippen molar-refractivity contribution in [2.24, 2.45) is 11.8 Å². The van der Waals surface area contributed by atoms with Gasteiger partial charge in [-0.3, -0.25) is 9.59 Å². The molecule has 2 aliphatic heterocycles. The standard InChI is InChI=1S/C19H30N2O6S2/c1-12(16(22)20-7-3-5-14(20)18(24)25)9-28-11-29-10-13(2)17(23)21-8-4-6-15(21)19(26)27/h12-15H,3-11H2,1-2H3,(H,24,25)(H,26,27)/t12-,13-,14+,15+/m1/s1.